The number of nitrogens with zero attached hydrogens (tertiary/aromatic N) is 5. The van der Waals surface area contributed by atoms with Crippen LogP contribution in [0.5, 0.6) is 0 Å². The summed E-state index contributed by atoms with van der Waals surface area (Å²) in [5.74, 6) is -0.636. The number of fused-ring (bicyclic) bond motifs is 1. The summed E-state index contributed by atoms with van der Waals surface area (Å²) in [5, 5.41) is 11.2. The number of aromatic nitrogens is 3. The fourth-order valence-corrected chi connectivity index (χ4v) is 7.64. The summed E-state index contributed by atoms with van der Waals surface area (Å²) in [7, 11) is -3.71. The molecule has 1 N–H and O–H groups in total. The number of nitrogens with one attached hydrogen (secondary N) is 1. The fraction of sp³-hybridized carbons (Fsp3) is 0.312. The summed E-state index contributed by atoms with van der Waals surface area (Å²) >= 11 is 1.04. The van der Waals surface area contributed by atoms with Gasteiger partial charge in [-0.2, -0.15) is 17.5 Å². The lowest BCUT2D eigenvalue weighted by Gasteiger charge is -2.29. The van der Waals surface area contributed by atoms with E-state index in [2.05, 4.69) is 15.5 Å². The highest BCUT2D eigenvalue weighted by molar-refractivity contribution is 7.99. The van der Waals surface area contributed by atoms with Crippen LogP contribution in [0.4, 0.5) is 18.9 Å². The van der Waals surface area contributed by atoms with E-state index < -0.39 is 27.7 Å². The number of para-hydroxylation sites is 1. The van der Waals surface area contributed by atoms with Crippen molar-refractivity contribution in [2.24, 2.45) is 0 Å². The van der Waals surface area contributed by atoms with Gasteiger partial charge < -0.3 is 10.2 Å². The maximum Gasteiger partial charge on any atom is 0.416 e. The molecule has 0 aliphatic carbocycles. The van der Waals surface area contributed by atoms with Crippen LogP contribution in [0.1, 0.15) is 47.6 Å². The predicted molar refractivity (Wildman–Crippen MR) is 172 cm³/mol. The molecule has 0 atom stereocenters. The van der Waals surface area contributed by atoms with Crippen molar-refractivity contribution in [2.45, 2.75) is 49.5 Å². The molecule has 5 rings (SSSR count). The van der Waals surface area contributed by atoms with Crippen molar-refractivity contribution in [3.05, 3.63) is 95.3 Å². The van der Waals surface area contributed by atoms with Gasteiger partial charge in [0.25, 0.3) is 5.91 Å². The quantitative estimate of drug-likeness (QED) is 0.213. The number of thioether (sulfide) groups is 1. The Balaban J connectivity index is 1.37. The van der Waals surface area contributed by atoms with Crippen molar-refractivity contribution in [3.8, 4) is 5.69 Å². The van der Waals surface area contributed by atoms with Crippen molar-refractivity contribution in [1.82, 2.24) is 24.4 Å². The molecule has 1 aliphatic rings. The minimum absolute atomic E-state index is 0.0411. The second kappa shape index (κ2) is 14.3. The molecule has 3 aromatic carbocycles. The van der Waals surface area contributed by atoms with E-state index in [-0.39, 0.29) is 45.3 Å². The standard InChI is InChI=1S/C32H33F3N6O4S2/c1-3-39(4-2)47(44,45)26-16-14-23(15-17-26)30(43)36-20-28-37-38-31(41(28)25-12-7-11-24(19-25)32(33,34)35)46-21-29(42)40-18-8-10-22-9-5-6-13-27(22)40/h5-7,9,11-17,19H,3-4,8,10,18,20-21H2,1-2H3,(H,36,43). The number of alkyl halides is 3. The molecular weight excluding hydrogens is 654 g/mol. The minimum Gasteiger partial charge on any atom is -0.345 e. The van der Waals surface area contributed by atoms with Gasteiger partial charge in [0, 0.05) is 30.9 Å². The first-order valence-electron chi connectivity index (χ1n) is 15.0. The van der Waals surface area contributed by atoms with Gasteiger partial charge in [-0.05, 0) is 66.9 Å². The lowest BCUT2D eigenvalue weighted by atomic mass is 10.0. The average Bonchev–Trinajstić information content (AvgIpc) is 3.48. The van der Waals surface area contributed by atoms with Gasteiger partial charge in [-0.15, -0.1) is 10.2 Å². The van der Waals surface area contributed by atoms with E-state index in [4.69, 9.17) is 0 Å². The molecule has 2 amide bonds. The third-order valence-corrected chi connectivity index (χ3v) is 10.7. The normalized spacial score (nSPS) is 13.4. The Bertz CT molecular complexity index is 1860. The molecule has 1 aromatic heterocycles. The Morgan fingerprint density at radius 2 is 1.70 bits per heavy atom. The number of sulfonamides is 1. The van der Waals surface area contributed by atoms with Crippen LogP contribution in [0.25, 0.3) is 5.69 Å². The number of halogens is 3. The fourth-order valence-electron chi connectivity index (χ4n) is 5.34. The second-order valence-electron chi connectivity index (χ2n) is 10.6. The Hall–Kier alpha value is -4.21. The Morgan fingerprint density at radius 1 is 0.979 bits per heavy atom. The zero-order valence-corrected chi connectivity index (χ0v) is 27.3. The Labute approximate surface area is 275 Å². The third-order valence-electron chi connectivity index (χ3n) is 7.73. The molecule has 0 bridgehead atoms. The van der Waals surface area contributed by atoms with Gasteiger partial charge >= 0.3 is 6.18 Å². The van der Waals surface area contributed by atoms with E-state index in [1.165, 1.54) is 45.3 Å². The Morgan fingerprint density at radius 3 is 2.40 bits per heavy atom. The maximum absolute atomic E-state index is 13.6. The van der Waals surface area contributed by atoms with Crippen molar-refractivity contribution in [1.29, 1.82) is 0 Å². The summed E-state index contributed by atoms with van der Waals surface area (Å²) in [6.45, 7) is 4.40. The van der Waals surface area contributed by atoms with Crippen LogP contribution in [0.15, 0.2) is 82.8 Å². The van der Waals surface area contributed by atoms with Crippen LogP contribution in [0, 0.1) is 0 Å². The molecule has 1 aliphatic heterocycles. The van der Waals surface area contributed by atoms with Crippen molar-refractivity contribution in [2.75, 3.05) is 30.3 Å². The van der Waals surface area contributed by atoms with Crippen LogP contribution >= 0.6 is 11.8 Å². The molecule has 47 heavy (non-hydrogen) atoms. The summed E-state index contributed by atoms with van der Waals surface area (Å²) in [5.41, 5.74) is 1.32. The van der Waals surface area contributed by atoms with Gasteiger partial charge in [0.15, 0.2) is 11.0 Å². The maximum atomic E-state index is 13.6. The monoisotopic (exact) mass is 686 g/mol. The summed E-state index contributed by atoms with van der Waals surface area (Å²) in [6, 6.07) is 17.8. The summed E-state index contributed by atoms with van der Waals surface area (Å²) < 4.78 is 69.2. The molecule has 0 fully saturated rings. The lowest BCUT2D eigenvalue weighted by Crippen LogP contribution is -2.36. The van der Waals surface area contributed by atoms with Gasteiger partial charge in [0.05, 0.1) is 28.4 Å². The predicted octanol–water partition coefficient (Wildman–Crippen LogP) is 5.32. The van der Waals surface area contributed by atoms with E-state index in [1.54, 1.807) is 18.7 Å². The highest BCUT2D eigenvalue weighted by atomic mass is 32.2. The number of anilines is 1. The molecule has 0 unspecified atom stereocenters. The molecule has 15 heteroatoms. The number of hydrogen-bond acceptors (Lipinski definition) is 7. The zero-order valence-electron chi connectivity index (χ0n) is 25.7. The molecule has 0 spiro atoms. The first kappa shape index (κ1) is 34.1. The van der Waals surface area contributed by atoms with Gasteiger partial charge in [-0.3, -0.25) is 14.2 Å². The van der Waals surface area contributed by atoms with Gasteiger partial charge in [0.1, 0.15) is 0 Å². The van der Waals surface area contributed by atoms with Crippen LogP contribution in [0.2, 0.25) is 0 Å². The molecule has 0 saturated carbocycles. The van der Waals surface area contributed by atoms with Crippen LogP contribution < -0.4 is 10.2 Å². The van der Waals surface area contributed by atoms with E-state index in [1.807, 2.05) is 24.3 Å². The SMILES string of the molecule is CCN(CC)S(=O)(=O)c1ccc(C(=O)NCc2nnc(SCC(=O)N3CCCc4ccccc43)n2-c2cccc(C(F)(F)F)c2)cc1. The number of amides is 2. The molecule has 0 saturated heterocycles. The minimum atomic E-state index is -4.60. The first-order chi connectivity index (χ1) is 22.4. The van der Waals surface area contributed by atoms with Gasteiger partial charge in [0.2, 0.25) is 15.9 Å². The van der Waals surface area contributed by atoms with Crippen molar-refractivity contribution >= 4 is 39.3 Å². The molecule has 248 valence electrons. The highest BCUT2D eigenvalue weighted by Crippen LogP contribution is 2.32. The largest absolute Gasteiger partial charge is 0.416 e. The van der Waals surface area contributed by atoms with Crippen LogP contribution in [-0.4, -0.2) is 64.7 Å². The van der Waals surface area contributed by atoms with Crippen molar-refractivity contribution < 1.29 is 31.2 Å². The number of carbonyl (C=O) groups is 2. The first-order valence-corrected chi connectivity index (χ1v) is 17.4. The van der Waals surface area contributed by atoms with E-state index in [0.717, 1.165) is 48.0 Å². The topological polar surface area (TPSA) is 118 Å². The second-order valence-corrected chi connectivity index (χ2v) is 13.5. The average molecular weight is 687 g/mol. The van der Waals surface area contributed by atoms with Gasteiger partial charge in [-0.1, -0.05) is 49.9 Å². The third kappa shape index (κ3) is 7.52. The number of aryl methyl sites for hydroxylation is 1. The van der Waals surface area contributed by atoms with Crippen molar-refractivity contribution in [3.63, 3.8) is 0 Å². The van der Waals surface area contributed by atoms with Crippen LogP contribution in [0.3, 0.4) is 0 Å². The van der Waals surface area contributed by atoms with E-state index >= 15 is 0 Å². The number of hydrogen-bond donors (Lipinski definition) is 1. The number of benzene rings is 3. The highest BCUT2D eigenvalue weighted by Gasteiger charge is 2.31. The smallest absolute Gasteiger partial charge is 0.345 e. The Kier molecular flexibility index (Phi) is 10.4. The summed E-state index contributed by atoms with van der Waals surface area (Å²) in [4.78, 5) is 28.1. The number of rotatable bonds is 11. The summed E-state index contributed by atoms with van der Waals surface area (Å²) in [6.07, 6.45) is -2.92. The zero-order chi connectivity index (χ0) is 33.8. The molecular formula is C32H33F3N6O4S2. The lowest BCUT2D eigenvalue weighted by molar-refractivity contribution is -0.137. The molecule has 4 aromatic rings. The number of carbonyl (C=O) groups excluding carboxylic acids is 2. The molecule has 0 radical (unpaired) electrons. The van der Waals surface area contributed by atoms with Crippen LogP contribution in [-0.2, 0) is 34.0 Å². The van der Waals surface area contributed by atoms with E-state index in [9.17, 15) is 31.2 Å². The molecule has 2 heterocycles. The van der Waals surface area contributed by atoms with E-state index in [0.29, 0.717) is 19.6 Å². The molecule has 10 nitrogen and oxygen atoms in total. The van der Waals surface area contributed by atoms with Gasteiger partial charge in [-0.25, -0.2) is 8.42 Å².